The molecule has 8 heteroatoms. The third kappa shape index (κ3) is 3.88. The molecular weight excluding hydrogens is 274 g/mol. The number of aromatic hydroxyl groups is 1. The van der Waals surface area contributed by atoms with Gasteiger partial charge in [-0.15, -0.1) is 0 Å². The Morgan fingerprint density at radius 2 is 1.84 bits per heavy atom. The normalized spacial score (nSPS) is 16.1. The van der Waals surface area contributed by atoms with Crippen LogP contribution in [0, 0.1) is 0 Å². The first-order valence-electron chi connectivity index (χ1n) is 5.95. The van der Waals surface area contributed by atoms with Crippen LogP contribution in [0.15, 0.2) is 18.2 Å². The average molecular weight is 294 g/mol. The zero-order valence-electron chi connectivity index (χ0n) is 10.1. The summed E-state index contributed by atoms with van der Waals surface area (Å²) in [5, 5.41) is 9.93. The second-order valence-electron chi connectivity index (χ2n) is 4.70. The van der Waals surface area contributed by atoms with Gasteiger partial charge < -0.3 is 10.8 Å². The molecule has 1 aliphatic carbocycles. The number of phenols is 1. The number of nitrogens with zero attached hydrogens (tertiary/aromatic N) is 1. The first kappa shape index (κ1) is 16.8. The summed E-state index contributed by atoms with van der Waals surface area (Å²) in [7, 11) is -3.46. The monoisotopic (exact) mass is 294 g/mol. The van der Waals surface area contributed by atoms with Gasteiger partial charge in [0.1, 0.15) is 5.75 Å². The SMILES string of the molecule is Nc1ccc(N(C2CCCC2)P(N)(N)=O)c(O)c1.[NaH]. The summed E-state index contributed by atoms with van der Waals surface area (Å²) in [5.41, 5.74) is 17.6. The molecule has 1 saturated carbocycles. The van der Waals surface area contributed by atoms with E-state index in [1.54, 1.807) is 12.1 Å². The van der Waals surface area contributed by atoms with Crippen molar-refractivity contribution in [2.45, 2.75) is 31.7 Å². The summed E-state index contributed by atoms with van der Waals surface area (Å²) in [6.07, 6.45) is 3.86. The number of benzene rings is 1. The van der Waals surface area contributed by atoms with Crippen molar-refractivity contribution in [2.24, 2.45) is 11.0 Å². The summed E-state index contributed by atoms with van der Waals surface area (Å²) in [4.78, 5) is 0. The Morgan fingerprint density at radius 3 is 2.32 bits per heavy atom. The number of nitrogen functional groups attached to an aromatic ring is 1. The van der Waals surface area contributed by atoms with Gasteiger partial charge in [-0.1, -0.05) is 12.8 Å². The zero-order chi connectivity index (χ0) is 13.3. The Balaban J connectivity index is 0.00000180. The summed E-state index contributed by atoms with van der Waals surface area (Å²) in [6.45, 7) is 0. The number of hydrogen-bond donors (Lipinski definition) is 4. The van der Waals surface area contributed by atoms with Crippen molar-refractivity contribution in [3.05, 3.63) is 18.2 Å². The topological polar surface area (TPSA) is 119 Å². The number of phenolic OH excluding ortho intramolecular Hbond substituents is 1. The van der Waals surface area contributed by atoms with E-state index >= 15 is 0 Å². The van der Waals surface area contributed by atoms with Gasteiger partial charge in [-0.25, -0.2) is 0 Å². The molecule has 0 aliphatic heterocycles. The van der Waals surface area contributed by atoms with Gasteiger partial charge in [0.05, 0.1) is 5.69 Å². The van der Waals surface area contributed by atoms with Crippen molar-refractivity contribution in [3.8, 4) is 5.75 Å². The third-order valence-corrected chi connectivity index (χ3v) is 4.47. The molecule has 0 bridgehead atoms. The van der Waals surface area contributed by atoms with E-state index in [0.717, 1.165) is 25.7 Å². The molecule has 19 heavy (non-hydrogen) atoms. The van der Waals surface area contributed by atoms with Gasteiger partial charge in [0.15, 0.2) is 0 Å². The first-order valence-corrected chi connectivity index (χ1v) is 7.75. The van der Waals surface area contributed by atoms with Crippen LogP contribution in [0.3, 0.4) is 0 Å². The molecule has 0 radical (unpaired) electrons. The Kier molecular flexibility index (Phi) is 5.74. The molecule has 7 N–H and O–H groups in total. The Bertz CT molecular complexity index is 488. The molecule has 1 aromatic rings. The van der Waals surface area contributed by atoms with Crippen LogP contribution < -0.4 is 21.4 Å². The van der Waals surface area contributed by atoms with Crippen LogP contribution in [0.5, 0.6) is 5.75 Å². The van der Waals surface area contributed by atoms with E-state index in [1.165, 1.54) is 10.7 Å². The Hall–Kier alpha value is -0.230. The van der Waals surface area contributed by atoms with Gasteiger partial charge in [0.2, 0.25) is 0 Å². The van der Waals surface area contributed by atoms with Gasteiger partial charge in [0.25, 0.3) is 0 Å². The molecule has 6 nitrogen and oxygen atoms in total. The second-order valence-corrected chi connectivity index (χ2v) is 6.48. The summed E-state index contributed by atoms with van der Waals surface area (Å²) < 4.78 is 13.5. The van der Waals surface area contributed by atoms with Crippen LogP contribution >= 0.6 is 7.59 Å². The van der Waals surface area contributed by atoms with Gasteiger partial charge >= 0.3 is 37.2 Å². The second kappa shape index (κ2) is 6.48. The number of anilines is 2. The summed E-state index contributed by atoms with van der Waals surface area (Å²) in [6, 6.07) is 4.66. The maximum atomic E-state index is 12.1. The Morgan fingerprint density at radius 1 is 1.26 bits per heavy atom. The molecule has 0 heterocycles. The molecule has 2 rings (SSSR count). The van der Waals surface area contributed by atoms with E-state index in [2.05, 4.69) is 0 Å². The molecule has 1 aliphatic rings. The Labute approximate surface area is 135 Å². The van der Waals surface area contributed by atoms with Crippen LogP contribution in [0.25, 0.3) is 0 Å². The average Bonchev–Trinajstić information content (AvgIpc) is 2.73. The van der Waals surface area contributed by atoms with Crippen LogP contribution in [0.4, 0.5) is 11.4 Å². The maximum absolute atomic E-state index is 12.1. The molecule has 0 amide bonds. The van der Waals surface area contributed by atoms with E-state index < -0.39 is 7.59 Å². The summed E-state index contributed by atoms with van der Waals surface area (Å²) in [5.74, 6) is -0.0435. The van der Waals surface area contributed by atoms with Crippen molar-refractivity contribution in [2.75, 3.05) is 10.4 Å². The number of nitrogens with two attached hydrogens (primary N) is 3. The fraction of sp³-hybridized carbons (Fsp3) is 0.455. The van der Waals surface area contributed by atoms with Gasteiger partial charge in [-0.2, -0.15) is 0 Å². The quantitative estimate of drug-likeness (QED) is 0.376. The molecular formula is C11H20N4NaO2P. The van der Waals surface area contributed by atoms with E-state index in [9.17, 15) is 9.67 Å². The van der Waals surface area contributed by atoms with Crippen molar-refractivity contribution in [1.29, 1.82) is 0 Å². The van der Waals surface area contributed by atoms with Crippen molar-refractivity contribution in [3.63, 3.8) is 0 Å². The van der Waals surface area contributed by atoms with E-state index in [-0.39, 0.29) is 41.3 Å². The van der Waals surface area contributed by atoms with Crippen molar-refractivity contribution >= 4 is 48.5 Å². The summed E-state index contributed by atoms with van der Waals surface area (Å²) >= 11 is 0. The first-order chi connectivity index (χ1) is 8.39. The van der Waals surface area contributed by atoms with E-state index in [1.807, 2.05) is 0 Å². The van der Waals surface area contributed by atoms with Gasteiger partial charge in [-0.05, 0) is 25.0 Å². The molecule has 0 spiro atoms. The van der Waals surface area contributed by atoms with Gasteiger partial charge in [-0.3, -0.25) is 20.2 Å². The van der Waals surface area contributed by atoms with Gasteiger partial charge in [0, 0.05) is 17.8 Å². The van der Waals surface area contributed by atoms with Crippen LogP contribution in [-0.4, -0.2) is 40.7 Å². The number of rotatable bonds is 3. The molecule has 0 unspecified atom stereocenters. The molecule has 0 saturated heterocycles. The standard InChI is InChI=1S/C11H19N4O2P.Na.H/c12-8-5-6-10(11(16)7-8)15(18(13,14)17)9-3-1-2-4-9;;/h5-7,9,16H,1-4,12H2,(H4,13,14,17);;. The fourth-order valence-electron chi connectivity index (χ4n) is 2.50. The van der Waals surface area contributed by atoms with E-state index in [0.29, 0.717) is 11.4 Å². The number of hydrogen-bond acceptors (Lipinski definition) is 3. The minimum atomic E-state index is -3.46. The zero-order valence-corrected chi connectivity index (χ0v) is 11.0. The minimum absolute atomic E-state index is 0. The fourth-order valence-corrected chi connectivity index (χ4v) is 3.75. The predicted octanol–water partition coefficient (Wildman–Crippen LogP) is 1.10. The molecule has 1 fully saturated rings. The van der Waals surface area contributed by atoms with Crippen molar-refractivity contribution in [1.82, 2.24) is 0 Å². The molecule has 102 valence electrons. The van der Waals surface area contributed by atoms with Crippen molar-refractivity contribution < 1.29 is 9.67 Å². The van der Waals surface area contributed by atoms with Crippen LogP contribution in [0.1, 0.15) is 25.7 Å². The molecule has 0 aromatic heterocycles. The van der Waals surface area contributed by atoms with Crippen LogP contribution in [-0.2, 0) is 4.57 Å². The van der Waals surface area contributed by atoms with Crippen LogP contribution in [0.2, 0.25) is 0 Å². The van der Waals surface area contributed by atoms with E-state index in [4.69, 9.17) is 16.7 Å². The molecule has 1 aromatic carbocycles. The molecule has 0 atom stereocenters. The predicted molar refractivity (Wildman–Crippen MR) is 80.4 cm³/mol. The third-order valence-electron chi connectivity index (χ3n) is 3.25.